The maximum Gasteiger partial charge on any atom is 0.184 e. The second-order valence-corrected chi connectivity index (χ2v) is 8.09. The van der Waals surface area contributed by atoms with Crippen LogP contribution < -0.4 is 10.2 Å². The minimum absolute atomic E-state index is 0.465. The first-order chi connectivity index (χ1) is 14.0. The van der Waals surface area contributed by atoms with Crippen LogP contribution in [0.1, 0.15) is 18.4 Å². The van der Waals surface area contributed by atoms with Crippen LogP contribution in [0.5, 0.6) is 0 Å². The number of likely N-dealkylation sites (N-methyl/N-ethyl adjacent to an activating group) is 1. The molecule has 2 N–H and O–H groups in total. The fraction of sp³-hybridized carbons (Fsp3) is 0.304. The maximum atomic E-state index is 10.5. The summed E-state index contributed by atoms with van der Waals surface area (Å²) in [5.41, 5.74) is 2.96. The molecule has 4 rings (SSSR count). The van der Waals surface area contributed by atoms with Crippen LogP contribution in [-0.4, -0.2) is 43.2 Å². The number of aliphatic hydroxyl groups is 1. The molecule has 29 heavy (non-hydrogen) atoms. The fourth-order valence-electron chi connectivity index (χ4n) is 3.66. The zero-order valence-electron chi connectivity index (χ0n) is 16.7. The highest BCUT2D eigenvalue weighted by Gasteiger charge is 2.24. The van der Waals surface area contributed by atoms with Crippen molar-refractivity contribution in [3.63, 3.8) is 0 Å². The van der Waals surface area contributed by atoms with Crippen molar-refractivity contribution >= 4 is 23.0 Å². The molecule has 2 aromatic carbocycles. The predicted octanol–water partition coefficient (Wildman–Crippen LogP) is 4.84. The number of anilines is 2. The molecule has 3 aromatic rings. The van der Waals surface area contributed by atoms with Gasteiger partial charge >= 0.3 is 0 Å². The van der Waals surface area contributed by atoms with Crippen LogP contribution >= 0.6 is 11.6 Å². The Morgan fingerprint density at radius 3 is 2.45 bits per heavy atom. The SMILES string of the molecule is CN(C)C1CCN(c2ccc(NC(O)c3ccc(-c4ccc(Cl)cc4)o3)cc2)C1. The van der Waals surface area contributed by atoms with E-state index in [1.54, 1.807) is 6.07 Å². The lowest BCUT2D eigenvalue weighted by Gasteiger charge is -2.22. The molecule has 5 nitrogen and oxygen atoms in total. The number of benzene rings is 2. The lowest BCUT2D eigenvalue weighted by molar-refractivity contribution is 0.179. The van der Waals surface area contributed by atoms with E-state index in [1.165, 1.54) is 12.1 Å². The van der Waals surface area contributed by atoms with E-state index in [-0.39, 0.29) is 0 Å². The number of aliphatic hydroxyl groups excluding tert-OH is 1. The Balaban J connectivity index is 1.39. The molecule has 1 fully saturated rings. The number of hydrogen-bond acceptors (Lipinski definition) is 5. The van der Waals surface area contributed by atoms with Gasteiger partial charge in [-0.1, -0.05) is 11.6 Å². The first-order valence-corrected chi connectivity index (χ1v) is 10.2. The monoisotopic (exact) mass is 411 g/mol. The molecule has 1 aromatic heterocycles. The second-order valence-electron chi connectivity index (χ2n) is 7.65. The Labute approximate surface area is 176 Å². The zero-order chi connectivity index (χ0) is 20.4. The van der Waals surface area contributed by atoms with E-state index >= 15 is 0 Å². The summed E-state index contributed by atoms with van der Waals surface area (Å²) in [5, 5.41) is 14.3. The maximum absolute atomic E-state index is 10.5. The molecule has 2 unspecified atom stereocenters. The largest absolute Gasteiger partial charge is 0.456 e. The van der Waals surface area contributed by atoms with Crippen molar-refractivity contribution in [3.8, 4) is 11.3 Å². The van der Waals surface area contributed by atoms with Gasteiger partial charge < -0.3 is 24.6 Å². The standard InChI is InChI=1S/C23H26ClN3O2/c1-26(2)20-13-14-27(15-20)19-9-7-18(8-10-19)25-23(28)22-12-11-21(29-22)16-3-5-17(24)6-4-16/h3-12,20,23,25,28H,13-15H2,1-2H3. The van der Waals surface area contributed by atoms with Gasteiger partial charge in [-0.15, -0.1) is 0 Å². The Hall–Kier alpha value is -2.47. The van der Waals surface area contributed by atoms with Crippen LogP contribution in [0.2, 0.25) is 5.02 Å². The van der Waals surface area contributed by atoms with Gasteiger partial charge in [0.2, 0.25) is 0 Å². The number of halogens is 1. The van der Waals surface area contributed by atoms with Crippen LogP contribution in [-0.2, 0) is 0 Å². The summed E-state index contributed by atoms with van der Waals surface area (Å²) in [7, 11) is 4.27. The fourth-order valence-corrected chi connectivity index (χ4v) is 3.79. The van der Waals surface area contributed by atoms with E-state index in [4.69, 9.17) is 16.0 Å². The molecule has 0 spiro atoms. The Bertz CT molecular complexity index is 938. The second kappa shape index (κ2) is 8.49. The molecule has 0 aliphatic carbocycles. The highest BCUT2D eigenvalue weighted by molar-refractivity contribution is 6.30. The molecular formula is C23H26ClN3O2. The van der Waals surface area contributed by atoms with Crippen LogP contribution in [0.4, 0.5) is 11.4 Å². The van der Waals surface area contributed by atoms with Gasteiger partial charge in [-0.3, -0.25) is 0 Å². The summed E-state index contributed by atoms with van der Waals surface area (Å²) in [6.07, 6.45) is 0.256. The molecule has 0 amide bonds. The Kier molecular flexibility index (Phi) is 5.81. The van der Waals surface area contributed by atoms with Gasteiger partial charge in [0.1, 0.15) is 5.76 Å². The van der Waals surface area contributed by atoms with Gasteiger partial charge in [0.05, 0.1) is 0 Å². The molecule has 0 saturated carbocycles. The number of nitrogens with one attached hydrogen (secondary N) is 1. The Morgan fingerprint density at radius 1 is 1.07 bits per heavy atom. The minimum Gasteiger partial charge on any atom is -0.456 e. The predicted molar refractivity (Wildman–Crippen MR) is 118 cm³/mol. The summed E-state index contributed by atoms with van der Waals surface area (Å²) in [6.45, 7) is 2.11. The minimum atomic E-state index is -0.924. The van der Waals surface area contributed by atoms with E-state index in [9.17, 15) is 5.11 Å². The molecular weight excluding hydrogens is 386 g/mol. The van der Waals surface area contributed by atoms with Gasteiger partial charge in [0, 0.05) is 41.1 Å². The van der Waals surface area contributed by atoms with E-state index in [2.05, 4.69) is 41.3 Å². The third-order valence-electron chi connectivity index (χ3n) is 5.45. The van der Waals surface area contributed by atoms with Crippen molar-refractivity contribution in [1.82, 2.24) is 4.90 Å². The van der Waals surface area contributed by atoms with Crippen molar-refractivity contribution in [2.75, 3.05) is 37.4 Å². The van der Waals surface area contributed by atoms with Crippen LogP contribution in [0.3, 0.4) is 0 Å². The third-order valence-corrected chi connectivity index (χ3v) is 5.71. The summed E-state index contributed by atoms with van der Waals surface area (Å²) < 4.78 is 5.81. The van der Waals surface area contributed by atoms with E-state index < -0.39 is 6.23 Å². The van der Waals surface area contributed by atoms with Crippen molar-refractivity contribution in [2.45, 2.75) is 18.7 Å². The number of furan rings is 1. The van der Waals surface area contributed by atoms with Crippen molar-refractivity contribution < 1.29 is 9.52 Å². The average Bonchev–Trinajstić information content (AvgIpc) is 3.39. The van der Waals surface area contributed by atoms with E-state index in [0.717, 1.165) is 24.3 Å². The van der Waals surface area contributed by atoms with Crippen molar-refractivity contribution in [3.05, 3.63) is 71.4 Å². The molecule has 0 radical (unpaired) electrons. The van der Waals surface area contributed by atoms with Gasteiger partial charge in [0.15, 0.2) is 12.0 Å². The highest BCUT2D eigenvalue weighted by Crippen LogP contribution is 2.28. The molecule has 2 atom stereocenters. The molecule has 1 aliphatic rings. The van der Waals surface area contributed by atoms with Gasteiger partial charge in [-0.2, -0.15) is 0 Å². The molecule has 1 aliphatic heterocycles. The van der Waals surface area contributed by atoms with Crippen molar-refractivity contribution in [2.24, 2.45) is 0 Å². The number of nitrogens with zero attached hydrogens (tertiary/aromatic N) is 2. The zero-order valence-corrected chi connectivity index (χ0v) is 17.4. The molecule has 2 heterocycles. The number of hydrogen-bond donors (Lipinski definition) is 2. The normalized spacial score (nSPS) is 17.7. The highest BCUT2D eigenvalue weighted by atomic mass is 35.5. The van der Waals surface area contributed by atoms with Crippen molar-refractivity contribution in [1.29, 1.82) is 0 Å². The molecule has 6 heteroatoms. The topological polar surface area (TPSA) is 51.9 Å². The Morgan fingerprint density at radius 2 is 1.79 bits per heavy atom. The molecule has 1 saturated heterocycles. The van der Waals surface area contributed by atoms with Crippen LogP contribution in [0.15, 0.2) is 65.1 Å². The lowest BCUT2D eigenvalue weighted by Crippen LogP contribution is -2.31. The first-order valence-electron chi connectivity index (χ1n) is 9.81. The summed E-state index contributed by atoms with van der Waals surface area (Å²) in [4.78, 5) is 4.68. The van der Waals surface area contributed by atoms with Gasteiger partial charge in [-0.05, 0) is 81.2 Å². The smallest absolute Gasteiger partial charge is 0.184 e. The van der Waals surface area contributed by atoms with E-state index in [0.29, 0.717) is 22.6 Å². The average molecular weight is 412 g/mol. The summed E-state index contributed by atoms with van der Waals surface area (Å²) >= 11 is 5.93. The first kappa shape index (κ1) is 19.8. The third kappa shape index (κ3) is 4.58. The van der Waals surface area contributed by atoms with Crippen LogP contribution in [0.25, 0.3) is 11.3 Å². The van der Waals surface area contributed by atoms with Crippen LogP contribution in [0, 0.1) is 0 Å². The van der Waals surface area contributed by atoms with E-state index in [1.807, 2.05) is 42.5 Å². The number of rotatable bonds is 6. The lowest BCUT2D eigenvalue weighted by atomic mass is 10.2. The molecule has 0 bridgehead atoms. The molecule has 152 valence electrons. The quantitative estimate of drug-likeness (QED) is 0.568. The van der Waals surface area contributed by atoms with Gasteiger partial charge in [-0.25, -0.2) is 0 Å². The van der Waals surface area contributed by atoms with Gasteiger partial charge in [0.25, 0.3) is 0 Å². The summed E-state index contributed by atoms with van der Waals surface area (Å²) in [5.74, 6) is 1.16. The summed E-state index contributed by atoms with van der Waals surface area (Å²) in [6, 6.07) is 19.8.